The molecule has 3 heterocycles. The number of alkyl halides is 3. The summed E-state index contributed by atoms with van der Waals surface area (Å²) in [6, 6.07) is 8.16. The van der Waals surface area contributed by atoms with Crippen LogP contribution in [0.3, 0.4) is 0 Å². The topological polar surface area (TPSA) is 101 Å². The summed E-state index contributed by atoms with van der Waals surface area (Å²) in [7, 11) is 1.40. The van der Waals surface area contributed by atoms with E-state index in [1.807, 2.05) is 0 Å². The molecule has 0 fully saturated rings. The number of halogens is 6. The van der Waals surface area contributed by atoms with Crippen molar-refractivity contribution < 1.29 is 31.5 Å². The minimum absolute atomic E-state index is 0.0398. The van der Waals surface area contributed by atoms with Gasteiger partial charge in [-0.25, -0.2) is 18.7 Å². The summed E-state index contributed by atoms with van der Waals surface area (Å²) in [6.07, 6.45) is -3.61. The first-order valence-electron chi connectivity index (χ1n) is 10.9. The lowest BCUT2D eigenvalue weighted by Crippen LogP contribution is -2.36. The molecule has 2 aromatic carbocycles. The van der Waals surface area contributed by atoms with Gasteiger partial charge in [-0.2, -0.15) is 13.2 Å². The van der Waals surface area contributed by atoms with E-state index in [9.17, 15) is 31.5 Å². The van der Waals surface area contributed by atoms with E-state index in [-0.39, 0.29) is 53.0 Å². The molecule has 14 heteroatoms. The van der Waals surface area contributed by atoms with Crippen LogP contribution in [0, 0.1) is 11.6 Å². The molecule has 0 unspecified atom stereocenters. The number of hydrogen-bond acceptors (Lipinski definition) is 5. The van der Waals surface area contributed by atoms with Crippen molar-refractivity contribution in [1.82, 2.24) is 25.2 Å². The predicted octanol–water partition coefficient (Wildman–Crippen LogP) is 4.80. The van der Waals surface area contributed by atoms with E-state index < -0.39 is 23.5 Å². The summed E-state index contributed by atoms with van der Waals surface area (Å²) >= 11 is 5.44. The molecule has 1 aliphatic rings. The highest BCUT2D eigenvalue weighted by Gasteiger charge is 2.34. The van der Waals surface area contributed by atoms with Crippen LogP contribution in [0.2, 0.25) is 5.02 Å². The zero-order chi connectivity index (χ0) is 27.6. The largest absolute Gasteiger partial charge is 0.417 e. The highest BCUT2D eigenvalue weighted by molar-refractivity contribution is 6.30. The number of imidazole rings is 1. The minimum Gasteiger partial charge on any atom is -0.352 e. The molecule has 2 amide bonds. The van der Waals surface area contributed by atoms with Gasteiger partial charge in [-0.1, -0.05) is 11.6 Å². The Morgan fingerprint density at radius 3 is 2.39 bits per heavy atom. The Morgan fingerprint density at radius 1 is 1.05 bits per heavy atom. The quantitative estimate of drug-likeness (QED) is 0.317. The van der Waals surface area contributed by atoms with Gasteiger partial charge in [-0.05, 0) is 47.9 Å². The molecule has 0 aliphatic carbocycles. The molecule has 0 saturated heterocycles. The van der Waals surface area contributed by atoms with E-state index >= 15 is 0 Å². The zero-order valence-corrected chi connectivity index (χ0v) is 20.2. The second-order valence-corrected chi connectivity index (χ2v) is 8.38. The number of hydrogen-bond donors (Lipinski definition) is 3. The molecular weight excluding hydrogens is 535 g/mol. The van der Waals surface area contributed by atoms with Gasteiger partial charge in [0.15, 0.2) is 5.82 Å². The fraction of sp³-hybridized carbons (Fsp3) is 0.167. The molecule has 38 heavy (non-hydrogen) atoms. The number of aromatic nitrogens is 3. The van der Waals surface area contributed by atoms with Crippen molar-refractivity contribution in [3.63, 3.8) is 0 Å². The van der Waals surface area contributed by atoms with E-state index in [2.05, 4.69) is 25.9 Å². The number of rotatable bonds is 3. The zero-order valence-electron chi connectivity index (χ0n) is 19.5. The first-order chi connectivity index (χ1) is 18.0. The van der Waals surface area contributed by atoms with Gasteiger partial charge in [-0.3, -0.25) is 9.59 Å². The summed E-state index contributed by atoms with van der Waals surface area (Å²) in [5.41, 5.74) is -0.701. The van der Waals surface area contributed by atoms with Crippen LogP contribution in [-0.4, -0.2) is 33.4 Å². The van der Waals surface area contributed by atoms with Gasteiger partial charge in [-0.15, -0.1) is 0 Å². The summed E-state index contributed by atoms with van der Waals surface area (Å²) < 4.78 is 67.4. The Morgan fingerprint density at radius 2 is 1.76 bits per heavy atom. The van der Waals surface area contributed by atoms with Gasteiger partial charge in [0.1, 0.15) is 24.0 Å². The summed E-state index contributed by atoms with van der Waals surface area (Å²) in [5, 5.41) is 8.03. The second-order valence-electron chi connectivity index (χ2n) is 7.94. The molecule has 8 nitrogen and oxygen atoms in total. The number of nitrogens with zero attached hydrogens (tertiary/aromatic N) is 3. The standard InChI is InChI=1S/C18H14F4N6O2.C6H4ClF/c1-23-17(30)16-27-15(12-6-25-13(29)7-28(12)16)26-14-10-4-8(19)5-11(18(20,21)22)9(10)2-3-24-14;7-5-1-3-6(8)4-2-5/h2-5H,6-7H2,1H3,(H,23,30)(H,24,26)(H,25,29);1-4H. The van der Waals surface area contributed by atoms with E-state index in [1.54, 1.807) is 0 Å². The smallest absolute Gasteiger partial charge is 0.352 e. The molecule has 198 valence electrons. The molecule has 0 spiro atoms. The molecular formula is C24H18ClF5N6O2. The van der Waals surface area contributed by atoms with Crippen LogP contribution in [-0.2, 0) is 24.1 Å². The van der Waals surface area contributed by atoms with Crippen molar-refractivity contribution in [3.8, 4) is 0 Å². The first-order valence-corrected chi connectivity index (χ1v) is 11.3. The number of carbonyl (C=O) groups is 2. The SMILES string of the molecule is CNC(=O)c1nc(Nc2nccc3c(C(F)(F)F)cc(F)cc23)c2n1CC(=O)NC2.Fc1ccc(Cl)cc1. The van der Waals surface area contributed by atoms with Crippen LogP contribution in [0.5, 0.6) is 0 Å². The molecule has 0 bridgehead atoms. The van der Waals surface area contributed by atoms with Crippen LogP contribution in [0.4, 0.5) is 33.6 Å². The highest BCUT2D eigenvalue weighted by atomic mass is 35.5. The summed E-state index contributed by atoms with van der Waals surface area (Å²) in [5.74, 6) is -2.20. The maximum atomic E-state index is 13.9. The van der Waals surface area contributed by atoms with Crippen molar-refractivity contribution in [3.05, 3.63) is 82.4 Å². The van der Waals surface area contributed by atoms with Gasteiger partial charge in [0.25, 0.3) is 5.91 Å². The van der Waals surface area contributed by atoms with Gasteiger partial charge >= 0.3 is 6.18 Å². The molecule has 3 N–H and O–H groups in total. The van der Waals surface area contributed by atoms with Crippen molar-refractivity contribution in [2.75, 3.05) is 12.4 Å². The Hall–Kier alpha value is -4.26. The Bertz CT molecular complexity index is 1500. The van der Waals surface area contributed by atoms with Gasteiger partial charge < -0.3 is 20.5 Å². The number of nitrogens with one attached hydrogen (secondary N) is 3. The predicted molar refractivity (Wildman–Crippen MR) is 129 cm³/mol. The monoisotopic (exact) mass is 552 g/mol. The number of fused-ring (bicyclic) bond motifs is 2. The molecule has 4 aromatic rings. The van der Waals surface area contributed by atoms with Crippen molar-refractivity contribution in [2.45, 2.75) is 19.3 Å². The lowest BCUT2D eigenvalue weighted by Gasteiger charge is -2.18. The maximum absolute atomic E-state index is 13.9. The highest BCUT2D eigenvalue weighted by Crippen LogP contribution is 2.38. The van der Waals surface area contributed by atoms with Crippen molar-refractivity contribution in [2.24, 2.45) is 0 Å². The van der Waals surface area contributed by atoms with E-state index in [0.717, 1.165) is 18.3 Å². The summed E-state index contributed by atoms with van der Waals surface area (Å²) in [4.78, 5) is 32.1. The summed E-state index contributed by atoms with van der Waals surface area (Å²) in [6.45, 7) is -0.110. The normalized spacial score (nSPS) is 12.8. The molecule has 1 aliphatic heterocycles. The van der Waals surface area contributed by atoms with Gasteiger partial charge in [0.05, 0.1) is 17.8 Å². The fourth-order valence-corrected chi connectivity index (χ4v) is 3.85. The van der Waals surface area contributed by atoms with E-state index in [4.69, 9.17) is 11.6 Å². The Kier molecular flexibility index (Phi) is 7.49. The van der Waals surface area contributed by atoms with Crippen LogP contribution >= 0.6 is 11.6 Å². The number of pyridine rings is 1. The first kappa shape index (κ1) is 26.8. The lowest BCUT2D eigenvalue weighted by atomic mass is 10.0. The molecule has 0 saturated carbocycles. The van der Waals surface area contributed by atoms with E-state index in [1.165, 1.54) is 35.9 Å². The van der Waals surface area contributed by atoms with Crippen molar-refractivity contribution >= 4 is 45.8 Å². The third-order valence-corrected chi connectivity index (χ3v) is 5.70. The van der Waals surface area contributed by atoms with Gasteiger partial charge in [0, 0.05) is 23.7 Å². The number of carbonyl (C=O) groups excluding carboxylic acids is 2. The minimum atomic E-state index is -4.76. The molecule has 5 rings (SSSR count). The van der Waals surface area contributed by atoms with Gasteiger partial charge in [0.2, 0.25) is 11.7 Å². The molecule has 0 radical (unpaired) electrons. The van der Waals surface area contributed by atoms with Crippen LogP contribution in [0.1, 0.15) is 21.9 Å². The number of benzene rings is 2. The number of anilines is 2. The van der Waals surface area contributed by atoms with Crippen molar-refractivity contribution in [1.29, 1.82) is 0 Å². The molecule has 2 aromatic heterocycles. The Balaban J connectivity index is 0.000000360. The average Bonchev–Trinajstić information content (AvgIpc) is 3.22. The van der Waals surface area contributed by atoms with E-state index in [0.29, 0.717) is 16.8 Å². The van der Waals surface area contributed by atoms with Crippen LogP contribution in [0.15, 0.2) is 48.7 Å². The third kappa shape index (κ3) is 5.67. The maximum Gasteiger partial charge on any atom is 0.417 e. The fourth-order valence-electron chi connectivity index (χ4n) is 3.73. The number of amides is 2. The lowest BCUT2D eigenvalue weighted by molar-refractivity contribution is -0.136. The third-order valence-electron chi connectivity index (χ3n) is 5.45. The van der Waals surface area contributed by atoms with Crippen LogP contribution < -0.4 is 16.0 Å². The average molecular weight is 553 g/mol. The Labute approximate surface area is 216 Å². The second kappa shape index (κ2) is 10.6. The molecule has 0 atom stereocenters. The van der Waals surface area contributed by atoms with Crippen LogP contribution in [0.25, 0.3) is 10.8 Å².